The van der Waals surface area contributed by atoms with Gasteiger partial charge in [-0.3, -0.25) is 4.79 Å². The summed E-state index contributed by atoms with van der Waals surface area (Å²) in [5, 5.41) is 0. The summed E-state index contributed by atoms with van der Waals surface area (Å²) >= 11 is 0. The molecule has 0 saturated carbocycles. The van der Waals surface area contributed by atoms with E-state index < -0.39 is 5.91 Å². The molecule has 0 unspecified atom stereocenters. The second-order valence-corrected chi connectivity index (χ2v) is 3.29. The van der Waals surface area contributed by atoms with Crippen LogP contribution in [0.3, 0.4) is 0 Å². The minimum Gasteiger partial charge on any atom is -0.491 e. The van der Waals surface area contributed by atoms with E-state index in [0.717, 1.165) is 5.75 Å². The summed E-state index contributed by atoms with van der Waals surface area (Å²) in [6, 6.07) is 9.52. The van der Waals surface area contributed by atoms with Crippen molar-refractivity contribution in [3.05, 3.63) is 30.3 Å². The molecule has 5 nitrogen and oxygen atoms in total. The van der Waals surface area contributed by atoms with Gasteiger partial charge in [-0.05, 0) is 12.1 Å². The first-order valence-corrected chi connectivity index (χ1v) is 6.40. The molecular formula is C14H23NO4. The first-order chi connectivity index (χ1) is 9.29. The molecule has 108 valence electrons. The van der Waals surface area contributed by atoms with Crippen molar-refractivity contribution in [1.82, 2.24) is 0 Å². The normalized spacial score (nSPS) is 9.37. The fourth-order valence-electron chi connectivity index (χ4n) is 1.13. The Morgan fingerprint density at radius 3 is 2.21 bits per heavy atom. The van der Waals surface area contributed by atoms with Gasteiger partial charge in [0.25, 0.3) is 0 Å². The molecule has 19 heavy (non-hydrogen) atoms. The number of primary amides is 1. The second kappa shape index (κ2) is 12.9. The Bertz CT molecular complexity index is 316. The van der Waals surface area contributed by atoms with Gasteiger partial charge in [0.1, 0.15) is 19.0 Å². The van der Waals surface area contributed by atoms with Crippen molar-refractivity contribution in [1.29, 1.82) is 0 Å². The molecule has 0 saturated heterocycles. The van der Waals surface area contributed by atoms with Crippen molar-refractivity contribution < 1.29 is 19.0 Å². The highest BCUT2D eigenvalue weighted by Crippen LogP contribution is 2.07. The highest BCUT2D eigenvalue weighted by atomic mass is 16.5. The van der Waals surface area contributed by atoms with E-state index in [1.807, 2.05) is 44.2 Å². The van der Waals surface area contributed by atoms with Crippen molar-refractivity contribution >= 4 is 5.91 Å². The molecule has 0 aromatic heterocycles. The lowest BCUT2D eigenvalue weighted by Gasteiger charge is -2.06. The van der Waals surface area contributed by atoms with Gasteiger partial charge in [-0.15, -0.1) is 0 Å². The van der Waals surface area contributed by atoms with Crippen molar-refractivity contribution in [2.24, 2.45) is 5.73 Å². The smallest absolute Gasteiger partial charge is 0.243 e. The monoisotopic (exact) mass is 269 g/mol. The third-order valence-corrected chi connectivity index (χ3v) is 1.86. The lowest BCUT2D eigenvalue weighted by atomic mass is 10.3. The largest absolute Gasteiger partial charge is 0.491 e. The van der Waals surface area contributed by atoms with Gasteiger partial charge < -0.3 is 19.9 Å². The zero-order chi connectivity index (χ0) is 14.3. The van der Waals surface area contributed by atoms with Crippen LogP contribution in [0.4, 0.5) is 0 Å². The molecule has 2 N–H and O–H groups in total. The predicted molar refractivity (Wildman–Crippen MR) is 74.1 cm³/mol. The Balaban J connectivity index is 0.00000154. The van der Waals surface area contributed by atoms with E-state index in [0.29, 0.717) is 26.4 Å². The van der Waals surface area contributed by atoms with E-state index in [1.54, 1.807) is 0 Å². The lowest BCUT2D eigenvalue weighted by Crippen LogP contribution is -2.20. The van der Waals surface area contributed by atoms with Crippen molar-refractivity contribution in [2.45, 2.75) is 13.8 Å². The number of benzene rings is 1. The summed E-state index contributed by atoms with van der Waals surface area (Å²) in [6.45, 7) is 5.68. The SMILES string of the molecule is CC.NC(=O)COCCOCCOc1ccccc1. The maximum absolute atomic E-state index is 10.3. The Hall–Kier alpha value is -1.59. The second-order valence-electron chi connectivity index (χ2n) is 3.29. The standard InChI is InChI=1S/C12H17NO4.C2H6/c13-12(14)10-16-7-6-15-8-9-17-11-4-2-1-3-5-11;1-2/h1-5H,6-10H2,(H2,13,14);1-2H3. The van der Waals surface area contributed by atoms with Gasteiger partial charge in [0, 0.05) is 0 Å². The van der Waals surface area contributed by atoms with Gasteiger partial charge in [0.2, 0.25) is 5.91 Å². The Morgan fingerprint density at radius 1 is 1.00 bits per heavy atom. The molecule has 0 aliphatic rings. The summed E-state index contributed by atoms with van der Waals surface area (Å²) in [7, 11) is 0. The van der Waals surface area contributed by atoms with Crippen LogP contribution in [-0.4, -0.2) is 38.9 Å². The van der Waals surface area contributed by atoms with E-state index in [1.165, 1.54) is 0 Å². The van der Waals surface area contributed by atoms with Gasteiger partial charge in [0.05, 0.1) is 19.8 Å². The van der Waals surface area contributed by atoms with Gasteiger partial charge in [-0.1, -0.05) is 32.0 Å². The zero-order valence-corrected chi connectivity index (χ0v) is 11.6. The number of para-hydroxylation sites is 1. The van der Waals surface area contributed by atoms with Crippen molar-refractivity contribution in [3.63, 3.8) is 0 Å². The van der Waals surface area contributed by atoms with E-state index in [4.69, 9.17) is 19.9 Å². The summed E-state index contributed by atoms with van der Waals surface area (Å²) in [6.07, 6.45) is 0. The highest BCUT2D eigenvalue weighted by Gasteiger charge is 1.95. The van der Waals surface area contributed by atoms with E-state index in [9.17, 15) is 4.79 Å². The van der Waals surface area contributed by atoms with Crippen molar-refractivity contribution in [3.8, 4) is 5.75 Å². The number of nitrogens with two attached hydrogens (primary N) is 1. The van der Waals surface area contributed by atoms with E-state index >= 15 is 0 Å². The summed E-state index contributed by atoms with van der Waals surface area (Å²) in [4.78, 5) is 10.3. The van der Waals surface area contributed by atoms with Crippen LogP contribution in [0.25, 0.3) is 0 Å². The van der Waals surface area contributed by atoms with Crippen molar-refractivity contribution in [2.75, 3.05) is 33.0 Å². The molecule has 0 bridgehead atoms. The molecule has 0 aliphatic heterocycles. The number of hydrogen-bond donors (Lipinski definition) is 1. The Morgan fingerprint density at radius 2 is 1.58 bits per heavy atom. The van der Waals surface area contributed by atoms with Crippen LogP contribution in [0.1, 0.15) is 13.8 Å². The summed E-state index contributed by atoms with van der Waals surface area (Å²) in [5.41, 5.74) is 4.89. The van der Waals surface area contributed by atoms with Crippen LogP contribution in [0.15, 0.2) is 30.3 Å². The highest BCUT2D eigenvalue weighted by molar-refractivity contribution is 5.74. The molecule has 5 heteroatoms. The van der Waals surface area contributed by atoms with Crippen LogP contribution in [0.2, 0.25) is 0 Å². The number of hydrogen-bond acceptors (Lipinski definition) is 4. The molecule has 1 aromatic carbocycles. The number of rotatable bonds is 9. The maximum atomic E-state index is 10.3. The lowest BCUT2D eigenvalue weighted by molar-refractivity contribution is -0.123. The molecule has 1 aromatic rings. The fourth-order valence-corrected chi connectivity index (χ4v) is 1.13. The molecule has 0 spiro atoms. The molecule has 1 rings (SSSR count). The average Bonchev–Trinajstić information content (AvgIpc) is 2.45. The van der Waals surface area contributed by atoms with Crippen LogP contribution in [0.5, 0.6) is 5.75 Å². The zero-order valence-electron chi connectivity index (χ0n) is 11.6. The molecular weight excluding hydrogens is 246 g/mol. The third kappa shape index (κ3) is 11.2. The topological polar surface area (TPSA) is 70.8 Å². The Labute approximate surface area is 114 Å². The third-order valence-electron chi connectivity index (χ3n) is 1.86. The first kappa shape index (κ1) is 17.4. The number of carbonyl (C=O) groups is 1. The Kier molecular flexibility index (Phi) is 11.8. The van der Waals surface area contributed by atoms with Gasteiger partial charge >= 0.3 is 0 Å². The summed E-state index contributed by atoms with van der Waals surface area (Å²) < 4.78 is 15.6. The molecule has 0 aliphatic carbocycles. The fraction of sp³-hybridized carbons (Fsp3) is 0.500. The van der Waals surface area contributed by atoms with Crippen LogP contribution in [-0.2, 0) is 14.3 Å². The quantitative estimate of drug-likeness (QED) is 0.691. The predicted octanol–water partition coefficient (Wildman–Crippen LogP) is 1.61. The molecule has 1 amide bonds. The van der Waals surface area contributed by atoms with Crippen LogP contribution < -0.4 is 10.5 Å². The number of ether oxygens (including phenoxy) is 3. The van der Waals surface area contributed by atoms with Gasteiger partial charge in [0.15, 0.2) is 0 Å². The minimum atomic E-state index is -0.475. The molecule has 0 atom stereocenters. The number of carbonyl (C=O) groups excluding carboxylic acids is 1. The first-order valence-electron chi connectivity index (χ1n) is 6.40. The van der Waals surface area contributed by atoms with Gasteiger partial charge in [-0.25, -0.2) is 0 Å². The van der Waals surface area contributed by atoms with E-state index in [-0.39, 0.29) is 6.61 Å². The molecule has 0 fully saturated rings. The summed E-state index contributed by atoms with van der Waals surface area (Å²) in [5.74, 6) is 0.346. The van der Waals surface area contributed by atoms with Crippen LogP contribution in [0, 0.1) is 0 Å². The number of amides is 1. The van der Waals surface area contributed by atoms with Crippen LogP contribution >= 0.6 is 0 Å². The van der Waals surface area contributed by atoms with Gasteiger partial charge in [-0.2, -0.15) is 0 Å². The maximum Gasteiger partial charge on any atom is 0.243 e. The minimum absolute atomic E-state index is 0.0656. The molecule has 0 radical (unpaired) electrons. The average molecular weight is 269 g/mol. The van der Waals surface area contributed by atoms with E-state index in [2.05, 4.69) is 0 Å². The molecule has 0 heterocycles.